The van der Waals surface area contributed by atoms with Gasteiger partial charge in [0.05, 0.1) is 0 Å². The van der Waals surface area contributed by atoms with Gasteiger partial charge in [-0.1, -0.05) is 18.2 Å². The van der Waals surface area contributed by atoms with E-state index in [1.165, 1.54) is 0 Å². The van der Waals surface area contributed by atoms with E-state index >= 15 is 0 Å². The minimum atomic E-state index is 0.279. The third kappa shape index (κ3) is 2.34. The van der Waals surface area contributed by atoms with Crippen LogP contribution in [0.2, 0.25) is 0 Å². The molecule has 0 spiro atoms. The molecule has 0 amide bonds. The lowest BCUT2D eigenvalue weighted by molar-refractivity contribution is 0.426. The van der Waals surface area contributed by atoms with Crippen LogP contribution < -0.4 is 4.90 Å². The second-order valence-electron chi connectivity index (χ2n) is 4.43. The van der Waals surface area contributed by atoms with Crippen LogP contribution in [0.5, 0.6) is 0 Å². The molecule has 1 aromatic heterocycles. The lowest BCUT2D eigenvalue weighted by atomic mass is 10.1. The Hall–Kier alpha value is -1.55. The fourth-order valence-corrected chi connectivity index (χ4v) is 2.29. The van der Waals surface area contributed by atoms with E-state index in [0.29, 0.717) is 11.8 Å². The van der Waals surface area contributed by atoms with E-state index in [0.717, 1.165) is 31.5 Å². The van der Waals surface area contributed by atoms with Crippen LogP contribution in [0.1, 0.15) is 12.8 Å². The summed E-state index contributed by atoms with van der Waals surface area (Å²) in [6.45, 7) is 1.78. The van der Waals surface area contributed by atoms with Gasteiger partial charge in [0.1, 0.15) is 0 Å². The van der Waals surface area contributed by atoms with E-state index in [2.05, 4.69) is 15.0 Å². The topological polar surface area (TPSA) is 42.2 Å². The average molecular weight is 264 g/mol. The maximum absolute atomic E-state index is 6.08. The normalized spacial score (nSPS) is 17.1. The number of alkyl halides is 1. The van der Waals surface area contributed by atoms with E-state index in [9.17, 15) is 0 Å². The number of benzene rings is 1. The molecule has 1 aliphatic rings. The molecule has 2 heterocycles. The van der Waals surface area contributed by atoms with Crippen molar-refractivity contribution in [1.82, 2.24) is 10.1 Å². The van der Waals surface area contributed by atoms with Gasteiger partial charge >= 0.3 is 0 Å². The molecule has 5 heteroatoms. The molecule has 18 heavy (non-hydrogen) atoms. The molecule has 1 saturated heterocycles. The molecule has 0 saturated carbocycles. The largest absolute Gasteiger partial charge is 0.338 e. The minimum Gasteiger partial charge on any atom is -0.338 e. The minimum absolute atomic E-state index is 0.279. The van der Waals surface area contributed by atoms with Crippen molar-refractivity contribution in [3.8, 4) is 11.5 Å². The van der Waals surface area contributed by atoms with Crippen molar-refractivity contribution in [3.63, 3.8) is 0 Å². The molecule has 0 N–H and O–H groups in total. The van der Waals surface area contributed by atoms with Gasteiger partial charge in [-0.05, 0) is 30.1 Å². The maximum Gasteiger partial charge on any atom is 0.266 e. The Balaban J connectivity index is 1.78. The standard InChI is InChI=1S/C13H14ClN3O/c14-11-6-8-17(9-7-11)13-15-12(18-16-13)10-4-2-1-3-5-10/h1-5,11H,6-9H2. The molecule has 1 fully saturated rings. The monoisotopic (exact) mass is 263 g/mol. The number of nitrogens with zero attached hydrogens (tertiary/aromatic N) is 3. The van der Waals surface area contributed by atoms with Crippen LogP contribution in [0.4, 0.5) is 5.95 Å². The molecule has 0 atom stereocenters. The zero-order valence-electron chi connectivity index (χ0n) is 9.92. The Morgan fingerprint density at radius 2 is 1.89 bits per heavy atom. The van der Waals surface area contributed by atoms with Crippen LogP contribution in [0, 0.1) is 0 Å². The Morgan fingerprint density at radius 3 is 2.61 bits per heavy atom. The summed E-state index contributed by atoms with van der Waals surface area (Å²) in [4.78, 5) is 6.55. The SMILES string of the molecule is ClC1CCN(c2noc(-c3ccccc3)n2)CC1. The summed E-state index contributed by atoms with van der Waals surface area (Å²) in [7, 11) is 0. The molecule has 0 radical (unpaired) electrons. The zero-order valence-corrected chi connectivity index (χ0v) is 10.7. The van der Waals surface area contributed by atoms with Crippen molar-refractivity contribution in [2.45, 2.75) is 18.2 Å². The highest BCUT2D eigenvalue weighted by Gasteiger charge is 2.21. The molecule has 94 valence electrons. The zero-order chi connectivity index (χ0) is 12.4. The Morgan fingerprint density at radius 1 is 1.17 bits per heavy atom. The molecule has 1 aromatic carbocycles. The first-order chi connectivity index (χ1) is 8.83. The lowest BCUT2D eigenvalue weighted by Gasteiger charge is -2.27. The molecule has 0 bridgehead atoms. The molecule has 4 nitrogen and oxygen atoms in total. The molecule has 2 aromatic rings. The molecular formula is C13H14ClN3O. The van der Waals surface area contributed by atoms with Crippen molar-refractivity contribution in [2.75, 3.05) is 18.0 Å². The highest BCUT2D eigenvalue weighted by molar-refractivity contribution is 6.20. The second kappa shape index (κ2) is 4.98. The van der Waals surface area contributed by atoms with Gasteiger partial charge in [-0.2, -0.15) is 4.98 Å². The third-order valence-electron chi connectivity index (χ3n) is 3.14. The van der Waals surface area contributed by atoms with Crippen LogP contribution in [-0.2, 0) is 0 Å². The van der Waals surface area contributed by atoms with Crippen molar-refractivity contribution in [2.24, 2.45) is 0 Å². The highest BCUT2D eigenvalue weighted by atomic mass is 35.5. The molecule has 0 unspecified atom stereocenters. The van der Waals surface area contributed by atoms with Gasteiger partial charge in [-0.3, -0.25) is 0 Å². The van der Waals surface area contributed by atoms with Crippen molar-refractivity contribution in [1.29, 1.82) is 0 Å². The first-order valence-electron chi connectivity index (χ1n) is 6.11. The van der Waals surface area contributed by atoms with Crippen molar-refractivity contribution >= 4 is 17.5 Å². The van der Waals surface area contributed by atoms with Crippen molar-refractivity contribution in [3.05, 3.63) is 30.3 Å². The first-order valence-corrected chi connectivity index (χ1v) is 6.55. The summed E-state index contributed by atoms with van der Waals surface area (Å²) in [6, 6.07) is 9.80. The number of hydrogen-bond acceptors (Lipinski definition) is 4. The predicted octanol–water partition coefficient (Wildman–Crippen LogP) is 2.94. The fraction of sp³-hybridized carbons (Fsp3) is 0.385. The molecular weight excluding hydrogens is 250 g/mol. The third-order valence-corrected chi connectivity index (χ3v) is 3.58. The van der Waals surface area contributed by atoms with Crippen molar-refractivity contribution < 1.29 is 4.52 Å². The molecule has 1 aliphatic heterocycles. The van der Waals surface area contributed by atoms with Crippen LogP contribution in [-0.4, -0.2) is 28.6 Å². The van der Waals surface area contributed by atoms with Gasteiger partial charge < -0.3 is 9.42 Å². The van der Waals surface area contributed by atoms with Gasteiger partial charge in [0, 0.05) is 24.0 Å². The van der Waals surface area contributed by atoms with Gasteiger partial charge in [0.15, 0.2) is 0 Å². The summed E-state index contributed by atoms with van der Waals surface area (Å²) < 4.78 is 5.29. The summed E-state index contributed by atoms with van der Waals surface area (Å²) in [6.07, 6.45) is 1.94. The Labute approximate surface area is 111 Å². The number of anilines is 1. The fourth-order valence-electron chi connectivity index (χ4n) is 2.09. The number of hydrogen-bond donors (Lipinski definition) is 0. The lowest BCUT2D eigenvalue weighted by Crippen LogP contribution is -2.34. The number of halogens is 1. The van der Waals surface area contributed by atoms with E-state index in [-0.39, 0.29) is 5.38 Å². The quantitative estimate of drug-likeness (QED) is 0.782. The first kappa shape index (κ1) is 11.5. The van der Waals surface area contributed by atoms with Gasteiger partial charge in [0.2, 0.25) is 0 Å². The summed E-state index contributed by atoms with van der Waals surface area (Å²) in [5.74, 6) is 1.23. The van der Waals surface area contributed by atoms with E-state index in [1.807, 2.05) is 30.3 Å². The van der Waals surface area contributed by atoms with Crippen LogP contribution in [0.25, 0.3) is 11.5 Å². The summed E-state index contributed by atoms with van der Waals surface area (Å²) in [5.41, 5.74) is 0.948. The van der Waals surface area contributed by atoms with Crippen LogP contribution >= 0.6 is 11.6 Å². The van der Waals surface area contributed by atoms with E-state index in [1.54, 1.807) is 0 Å². The summed E-state index contributed by atoms with van der Waals surface area (Å²) in [5, 5.41) is 4.32. The second-order valence-corrected chi connectivity index (χ2v) is 5.04. The summed E-state index contributed by atoms with van der Waals surface area (Å²) >= 11 is 6.08. The van der Waals surface area contributed by atoms with E-state index in [4.69, 9.17) is 16.1 Å². The number of piperidine rings is 1. The average Bonchev–Trinajstić information content (AvgIpc) is 2.90. The van der Waals surface area contributed by atoms with Crippen LogP contribution in [0.3, 0.4) is 0 Å². The van der Waals surface area contributed by atoms with Gasteiger partial charge in [-0.25, -0.2) is 0 Å². The van der Waals surface area contributed by atoms with E-state index < -0.39 is 0 Å². The smallest absolute Gasteiger partial charge is 0.266 e. The number of aromatic nitrogens is 2. The predicted molar refractivity (Wildman–Crippen MR) is 70.8 cm³/mol. The Kier molecular flexibility index (Phi) is 3.19. The van der Waals surface area contributed by atoms with Gasteiger partial charge in [-0.15, -0.1) is 11.6 Å². The highest BCUT2D eigenvalue weighted by Crippen LogP contribution is 2.23. The maximum atomic E-state index is 6.08. The van der Waals surface area contributed by atoms with Gasteiger partial charge in [0.25, 0.3) is 11.8 Å². The number of rotatable bonds is 2. The molecule has 0 aliphatic carbocycles. The Bertz CT molecular complexity index is 506. The van der Waals surface area contributed by atoms with Crippen LogP contribution in [0.15, 0.2) is 34.9 Å². The molecule has 3 rings (SSSR count).